The first-order chi connectivity index (χ1) is 13.4. The first kappa shape index (κ1) is 18.6. The van der Waals surface area contributed by atoms with Crippen molar-refractivity contribution in [1.82, 2.24) is 4.90 Å². The van der Waals surface area contributed by atoms with E-state index >= 15 is 0 Å². The molecule has 0 bridgehead atoms. The van der Waals surface area contributed by atoms with Crippen LogP contribution in [0.25, 0.3) is 0 Å². The summed E-state index contributed by atoms with van der Waals surface area (Å²) in [7, 11) is 0. The molecule has 1 saturated carbocycles. The van der Waals surface area contributed by atoms with Crippen LogP contribution < -0.4 is 4.74 Å². The van der Waals surface area contributed by atoms with Crippen molar-refractivity contribution in [2.24, 2.45) is 0 Å². The van der Waals surface area contributed by atoms with Crippen molar-refractivity contribution < 1.29 is 4.74 Å². The maximum atomic E-state index is 5.94. The van der Waals surface area contributed by atoms with Crippen LogP contribution in [0.2, 0.25) is 0 Å². The van der Waals surface area contributed by atoms with Gasteiger partial charge in [0.05, 0.1) is 6.61 Å². The molecule has 4 rings (SSSR count). The zero-order valence-corrected chi connectivity index (χ0v) is 16.5. The van der Waals surface area contributed by atoms with Crippen LogP contribution in [0.4, 0.5) is 0 Å². The van der Waals surface area contributed by atoms with E-state index in [0.29, 0.717) is 11.5 Å². The number of hydrogen-bond acceptors (Lipinski definition) is 2. The zero-order valence-electron chi connectivity index (χ0n) is 16.5. The Morgan fingerprint density at radius 3 is 2.30 bits per heavy atom. The monoisotopic (exact) mass is 363 g/mol. The lowest BCUT2D eigenvalue weighted by Crippen LogP contribution is -2.52. The van der Waals surface area contributed by atoms with E-state index in [1.165, 1.54) is 51.5 Å². The summed E-state index contributed by atoms with van der Waals surface area (Å²) in [4.78, 5) is 2.80. The van der Waals surface area contributed by atoms with Crippen LogP contribution in [0, 0.1) is 0 Å². The number of ether oxygens (including phenoxy) is 1. The molecule has 2 aromatic rings. The lowest BCUT2D eigenvalue weighted by molar-refractivity contribution is 0.0740. The van der Waals surface area contributed by atoms with E-state index in [-0.39, 0.29) is 0 Å². The Morgan fingerprint density at radius 1 is 0.852 bits per heavy atom. The summed E-state index contributed by atoms with van der Waals surface area (Å²) in [6.45, 7) is 3.22. The van der Waals surface area contributed by atoms with Gasteiger partial charge in [-0.2, -0.15) is 0 Å². The van der Waals surface area contributed by atoms with Gasteiger partial charge < -0.3 is 4.74 Å². The summed E-state index contributed by atoms with van der Waals surface area (Å²) in [5.74, 6) is 0.990. The smallest absolute Gasteiger partial charge is 0.119 e. The number of benzene rings is 2. The highest BCUT2D eigenvalue weighted by atomic mass is 16.5. The predicted molar refractivity (Wildman–Crippen MR) is 112 cm³/mol. The zero-order chi connectivity index (χ0) is 18.4. The summed E-state index contributed by atoms with van der Waals surface area (Å²) < 4.78 is 5.94. The van der Waals surface area contributed by atoms with Gasteiger partial charge in [-0.1, -0.05) is 67.8 Å². The normalized spacial score (nSPS) is 22.6. The summed E-state index contributed by atoms with van der Waals surface area (Å²) >= 11 is 0. The van der Waals surface area contributed by atoms with Crippen LogP contribution in [-0.2, 0) is 5.41 Å². The van der Waals surface area contributed by atoms with E-state index in [4.69, 9.17) is 4.74 Å². The molecule has 2 fully saturated rings. The van der Waals surface area contributed by atoms with Crippen LogP contribution >= 0.6 is 0 Å². The third kappa shape index (κ3) is 4.21. The second-order valence-corrected chi connectivity index (χ2v) is 8.29. The van der Waals surface area contributed by atoms with Crippen LogP contribution in [0.3, 0.4) is 0 Å². The van der Waals surface area contributed by atoms with Crippen LogP contribution in [-0.4, -0.2) is 30.6 Å². The number of hydrogen-bond donors (Lipinski definition) is 0. The lowest BCUT2D eigenvalue weighted by atomic mass is 9.69. The van der Waals surface area contributed by atoms with Crippen molar-refractivity contribution in [2.45, 2.75) is 62.8 Å². The molecule has 1 atom stereocenters. The standard InChI is InChI=1S/C25H33NO/c1-3-12-22(13-4-1)25(17-8-9-18-25)24-16-7-10-19-26(24)20-11-21-27-23-14-5-2-6-15-23/h1-6,12-15,24H,7-11,16-21H2/t24-/m0/s1. The molecule has 27 heavy (non-hydrogen) atoms. The van der Waals surface area contributed by atoms with Gasteiger partial charge in [0, 0.05) is 18.0 Å². The summed E-state index contributed by atoms with van der Waals surface area (Å²) in [6.07, 6.45) is 10.7. The third-order valence-electron chi connectivity index (χ3n) is 6.70. The van der Waals surface area contributed by atoms with E-state index < -0.39 is 0 Å². The van der Waals surface area contributed by atoms with Gasteiger partial charge in [-0.15, -0.1) is 0 Å². The highest BCUT2D eigenvalue weighted by Gasteiger charge is 2.45. The number of nitrogens with zero attached hydrogens (tertiary/aromatic N) is 1. The van der Waals surface area contributed by atoms with Gasteiger partial charge in [-0.25, -0.2) is 0 Å². The molecule has 0 spiro atoms. The van der Waals surface area contributed by atoms with Gasteiger partial charge in [0.2, 0.25) is 0 Å². The van der Waals surface area contributed by atoms with E-state index in [1.54, 1.807) is 5.56 Å². The van der Waals surface area contributed by atoms with Crippen molar-refractivity contribution in [3.8, 4) is 5.75 Å². The lowest BCUT2D eigenvalue weighted by Gasteiger charge is -2.47. The Morgan fingerprint density at radius 2 is 1.56 bits per heavy atom. The molecule has 1 aliphatic heterocycles. The fourth-order valence-corrected chi connectivity index (χ4v) is 5.45. The molecule has 2 nitrogen and oxygen atoms in total. The largest absolute Gasteiger partial charge is 0.494 e. The van der Waals surface area contributed by atoms with E-state index in [2.05, 4.69) is 35.2 Å². The molecule has 0 aromatic heterocycles. The third-order valence-corrected chi connectivity index (χ3v) is 6.70. The Kier molecular flexibility index (Phi) is 6.14. The van der Waals surface area contributed by atoms with Crippen molar-refractivity contribution in [3.63, 3.8) is 0 Å². The highest BCUT2D eigenvalue weighted by molar-refractivity contribution is 5.29. The first-order valence-electron chi connectivity index (χ1n) is 10.9. The van der Waals surface area contributed by atoms with E-state index in [1.807, 2.05) is 30.3 Å². The fourth-order valence-electron chi connectivity index (χ4n) is 5.45. The van der Waals surface area contributed by atoms with E-state index in [0.717, 1.165) is 25.3 Å². The topological polar surface area (TPSA) is 12.5 Å². The molecule has 0 radical (unpaired) electrons. The predicted octanol–water partition coefficient (Wildman–Crippen LogP) is 5.82. The molecule has 0 unspecified atom stereocenters. The highest BCUT2D eigenvalue weighted by Crippen LogP contribution is 2.48. The number of para-hydroxylation sites is 1. The molecule has 0 N–H and O–H groups in total. The Bertz CT molecular complexity index is 678. The molecule has 2 aliphatic rings. The molecular formula is C25H33NO. The van der Waals surface area contributed by atoms with Crippen LogP contribution in [0.5, 0.6) is 5.75 Å². The maximum Gasteiger partial charge on any atom is 0.119 e. The maximum absolute atomic E-state index is 5.94. The molecule has 0 amide bonds. The minimum Gasteiger partial charge on any atom is -0.494 e. The van der Waals surface area contributed by atoms with Gasteiger partial charge in [-0.05, 0) is 56.3 Å². The molecule has 2 heteroatoms. The molecule has 1 heterocycles. The second-order valence-electron chi connectivity index (χ2n) is 8.29. The SMILES string of the molecule is c1ccc(OCCCN2CCCC[C@H]2C2(c3ccccc3)CCCC2)cc1. The summed E-state index contributed by atoms with van der Waals surface area (Å²) in [5, 5.41) is 0. The summed E-state index contributed by atoms with van der Waals surface area (Å²) in [5.41, 5.74) is 1.96. The van der Waals surface area contributed by atoms with Gasteiger partial charge in [0.15, 0.2) is 0 Å². The van der Waals surface area contributed by atoms with Crippen molar-refractivity contribution >= 4 is 0 Å². The number of piperidine rings is 1. The number of rotatable bonds is 7. The van der Waals surface area contributed by atoms with Gasteiger partial charge in [0.1, 0.15) is 5.75 Å². The second kappa shape index (κ2) is 8.93. The Hall–Kier alpha value is -1.80. The van der Waals surface area contributed by atoms with Gasteiger partial charge >= 0.3 is 0 Å². The molecule has 1 aliphatic carbocycles. The van der Waals surface area contributed by atoms with Crippen molar-refractivity contribution in [2.75, 3.05) is 19.7 Å². The Balaban J connectivity index is 1.42. The minimum absolute atomic E-state index is 0.377. The number of likely N-dealkylation sites (tertiary alicyclic amines) is 1. The summed E-state index contributed by atoms with van der Waals surface area (Å²) in [6, 6.07) is 22.3. The fraction of sp³-hybridized carbons (Fsp3) is 0.520. The molecule has 1 saturated heterocycles. The van der Waals surface area contributed by atoms with Crippen LogP contribution in [0.15, 0.2) is 60.7 Å². The molecule has 2 aromatic carbocycles. The van der Waals surface area contributed by atoms with Crippen LogP contribution in [0.1, 0.15) is 56.9 Å². The van der Waals surface area contributed by atoms with Crippen molar-refractivity contribution in [1.29, 1.82) is 0 Å². The average Bonchev–Trinajstić information content (AvgIpc) is 3.24. The molecular weight excluding hydrogens is 330 g/mol. The van der Waals surface area contributed by atoms with Gasteiger partial charge in [-0.3, -0.25) is 4.90 Å². The minimum atomic E-state index is 0.377. The quantitative estimate of drug-likeness (QED) is 0.575. The van der Waals surface area contributed by atoms with Crippen molar-refractivity contribution in [3.05, 3.63) is 66.2 Å². The molecule has 144 valence electrons. The van der Waals surface area contributed by atoms with E-state index in [9.17, 15) is 0 Å². The van der Waals surface area contributed by atoms with Gasteiger partial charge in [0.25, 0.3) is 0 Å². The Labute approximate surface area is 164 Å². The first-order valence-corrected chi connectivity index (χ1v) is 10.9. The average molecular weight is 364 g/mol.